The summed E-state index contributed by atoms with van der Waals surface area (Å²) < 4.78 is 0. The van der Waals surface area contributed by atoms with Crippen molar-refractivity contribution in [1.82, 2.24) is 16.0 Å². The summed E-state index contributed by atoms with van der Waals surface area (Å²) in [6.45, 7) is 1.50. The van der Waals surface area contributed by atoms with Crippen LogP contribution in [0.2, 0.25) is 0 Å². The van der Waals surface area contributed by atoms with E-state index in [1.165, 1.54) is 6.92 Å². The molecule has 13 heteroatoms. The first-order valence-corrected chi connectivity index (χ1v) is 13.2. The number of amides is 4. The summed E-state index contributed by atoms with van der Waals surface area (Å²) in [5.74, 6) is -3.04. The van der Waals surface area contributed by atoms with Crippen LogP contribution >= 0.6 is 0 Å². The van der Waals surface area contributed by atoms with E-state index in [0.29, 0.717) is 6.42 Å². The van der Waals surface area contributed by atoms with Crippen molar-refractivity contribution in [2.24, 2.45) is 27.9 Å². The Bertz CT molecular complexity index is 1170. The fraction of sp³-hybridized carbons (Fsp3) is 0.393. The van der Waals surface area contributed by atoms with Crippen molar-refractivity contribution in [2.75, 3.05) is 6.54 Å². The molecule has 0 fully saturated rings. The first kappa shape index (κ1) is 32.7. The summed E-state index contributed by atoms with van der Waals surface area (Å²) in [5.41, 5.74) is 23.9. The van der Waals surface area contributed by atoms with Gasteiger partial charge in [0.1, 0.15) is 18.1 Å². The maximum absolute atomic E-state index is 13.2. The van der Waals surface area contributed by atoms with Crippen LogP contribution in [-0.2, 0) is 32.0 Å². The number of aliphatic imine (C=N–C) groups is 1. The smallest absolute Gasteiger partial charge is 0.245 e. The Balaban J connectivity index is 2.14. The molecule has 2 aromatic rings. The molecule has 0 aliphatic heterocycles. The summed E-state index contributed by atoms with van der Waals surface area (Å²) >= 11 is 0. The number of hydrogen-bond acceptors (Lipinski definition) is 7. The fourth-order valence-corrected chi connectivity index (χ4v) is 4.00. The van der Waals surface area contributed by atoms with E-state index in [1.54, 1.807) is 24.3 Å². The number of carbonyl (C=O) groups is 4. The predicted octanol–water partition coefficient (Wildman–Crippen LogP) is -1.83. The van der Waals surface area contributed by atoms with Crippen LogP contribution in [0.1, 0.15) is 30.9 Å². The Morgan fingerprint density at radius 2 is 1.32 bits per heavy atom. The highest BCUT2D eigenvalue weighted by molar-refractivity contribution is 5.95. The first-order chi connectivity index (χ1) is 19.5. The molecule has 0 spiro atoms. The lowest BCUT2D eigenvalue weighted by atomic mass is 10.0. The molecule has 0 bridgehead atoms. The van der Waals surface area contributed by atoms with E-state index in [9.17, 15) is 24.3 Å². The Morgan fingerprint density at radius 3 is 1.83 bits per heavy atom. The molecular formula is C28H40N8O5. The summed E-state index contributed by atoms with van der Waals surface area (Å²) in [6.07, 6.45) is -0.581. The van der Waals surface area contributed by atoms with Gasteiger partial charge in [-0.05, 0) is 37.3 Å². The summed E-state index contributed by atoms with van der Waals surface area (Å²) in [7, 11) is 0. The number of carbonyl (C=O) groups excluding carboxylic acids is 4. The van der Waals surface area contributed by atoms with E-state index in [0.717, 1.165) is 11.1 Å². The van der Waals surface area contributed by atoms with Gasteiger partial charge in [-0.15, -0.1) is 0 Å². The SMILES string of the molecule is CC(O)[C@H](NC(=O)[C@@H](N)Cc1ccccc1)C(=O)N[C@@H](CCCN=C(N)N)C(=O)N[C@@H](Cc1ccccc1)C(N)=O. The second-order valence-corrected chi connectivity index (χ2v) is 9.69. The van der Waals surface area contributed by atoms with Crippen LogP contribution in [0.15, 0.2) is 65.7 Å². The third-order valence-electron chi connectivity index (χ3n) is 6.22. The summed E-state index contributed by atoms with van der Waals surface area (Å²) in [4.78, 5) is 55.2. The monoisotopic (exact) mass is 568 g/mol. The molecule has 12 N–H and O–H groups in total. The number of primary amides is 1. The molecule has 5 atom stereocenters. The zero-order valence-corrected chi connectivity index (χ0v) is 23.0. The Morgan fingerprint density at radius 1 is 0.780 bits per heavy atom. The number of guanidine groups is 1. The molecule has 2 rings (SSSR count). The van der Waals surface area contributed by atoms with E-state index < -0.39 is 53.9 Å². The lowest BCUT2D eigenvalue weighted by Crippen LogP contribution is -2.60. The number of aliphatic hydroxyl groups is 1. The van der Waals surface area contributed by atoms with Crippen molar-refractivity contribution in [3.8, 4) is 0 Å². The fourth-order valence-electron chi connectivity index (χ4n) is 4.00. The molecule has 0 heterocycles. The van der Waals surface area contributed by atoms with Crippen molar-refractivity contribution in [1.29, 1.82) is 0 Å². The lowest BCUT2D eigenvalue weighted by molar-refractivity contribution is -0.135. The minimum absolute atomic E-state index is 0.0825. The van der Waals surface area contributed by atoms with Crippen LogP contribution < -0.4 is 38.9 Å². The van der Waals surface area contributed by atoms with E-state index in [2.05, 4.69) is 20.9 Å². The minimum atomic E-state index is -1.41. The summed E-state index contributed by atoms with van der Waals surface area (Å²) in [5, 5.41) is 17.9. The minimum Gasteiger partial charge on any atom is -0.391 e. The highest BCUT2D eigenvalue weighted by Crippen LogP contribution is 2.07. The zero-order valence-electron chi connectivity index (χ0n) is 23.0. The molecule has 0 aliphatic rings. The Hall–Kier alpha value is -4.49. The third kappa shape index (κ3) is 11.6. The van der Waals surface area contributed by atoms with Gasteiger partial charge in [0, 0.05) is 13.0 Å². The number of nitrogens with one attached hydrogen (secondary N) is 3. The van der Waals surface area contributed by atoms with Gasteiger partial charge in [0.25, 0.3) is 0 Å². The maximum Gasteiger partial charge on any atom is 0.245 e. The Labute approximate surface area is 239 Å². The first-order valence-electron chi connectivity index (χ1n) is 13.2. The molecule has 2 aromatic carbocycles. The third-order valence-corrected chi connectivity index (χ3v) is 6.22. The quantitative estimate of drug-likeness (QED) is 0.0649. The largest absolute Gasteiger partial charge is 0.391 e. The molecule has 0 saturated heterocycles. The van der Waals surface area contributed by atoms with Crippen LogP contribution in [0.4, 0.5) is 0 Å². The zero-order chi connectivity index (χ0) is 30.4. The molecule has 0 aromatic heterocycles. The normalized spacial score (nSPS) is 14.4. The van der Waals surface area contributed by atoms with Gasteiger partial charge in [0.15, 0.2) is 5.96 Å². The lowest BCUT2D eigenvalue weighted by Gasteiger charge is -2.26. The number of nitrogens with zero attached hydrogens (tertiary/aromatic N) is 1. The van der Waals surface area contributed by atoms with Gasteiger partial charge >= 0.3 is 0 Å². The molecule has 4 amide bonds. The predicted molar refractivity (Wildman–Crippen MR) is 155 cm³/mol. The van der Waals surface area contributed by atoms with Crippen LogP contribution in [0.5, 0.6) is 0 Å². The van der Waals surface area contributed by atoms with E-state index in [-0.39, 0.29) is 31.8 Å². The molecule has 0 aliphatic carbocycles. The molecule has 41 heavy (non-hydrogen) atoms. The number of rotatable bonds is 16. The second-order valence-electron chi connectivity index (χ2n) is 9.69. The van der Waals surface area contributed by atoms with Crippen molar-refractivity contribution in [2.45, 2.75) is 62.9 Å². The van der Waals surface area contributed by atoms with E-state index in [4.69, 9.17) is 22.9 Å². The number of hydrogen-bond donors (Lipinski definition) is 8. The average molecular weight is 569 g/mol. The van der Waals surface area contributed by atoms with Gasteiger partial charge in [-0.1, -0.05) is 60.7 Å². The maximum atomic E-state index is 13.2. The van der Waals surface area contributed by atoms with Gasteiger partial charge in [-0.2, -0.15) is 0 Å². The highest BCUT2D eigenvalue weighted by atomic mass is 16.3. The molecule has 1 unspecified atom stereocenters. The summed E-state index contributed by atoms with van der Waals surface area (Å²) in [6, 6.07) is 13.4. The van der Waals surface area contributed by atoms with E-state index in [1.807, 2.05) is 36.4 Å². The molecule has 222 valence electrons. The molecular weight excluding hydrogens is 528 g/mol. The molecule has 0 radical (unpaired) electrons. The average Bonchev–Trinajstić information content (AvgIpc) is 2.93. The molecule has 0 saturated carbocycles. The highest BCUT2D eigenvalue weighted by Gasteiger charge is 2.32. The number of aliphatic hydroxyl groups excluding tert-OH is 1. The van der Waals surface area contributed by atoms with Gasteiger partial charge in [0.05, 0.1) is 12.1 Å². The number of benzene rings is 2. The van der Waals surface area contributed by atoms with Crippen molar-refractivity contribution < 1.29 is 24.3 Å². The van der Waals surface area contributed by atoms with Crippen molar-refractivity contribution in [3.63, 3.8) is 0 Å². The van der Waals surface area contributed by atoms with Gasteiger partial charge in [-0.3, -0.25) is 24.2 Å². The second kappa shape index (κ2) is 16.6. The van der Waals surface area contributed by atoms with Gasteiger partial charge in [-0.25, -0.2) is 0 Å². The van der Waals surface area contributed by atoms with Crippen LogP contribution in [0.25, 0.3) is 0 Å². The Kier molecular flexibility index (Phi) is 13.2. The van der Waals surface area contributed by atoms with Crippen LogP contribution in [-0.4, -0.2) is 71.5 Å². The topological polar surface area (TPSA) is 241 Å². The standard InChI is InChI=1S/C28H40N8O5/c1-17(37)23(36-25(39)20(29)15-18-9-4-2-5-10-18)27(41)34-21(13-8-14-33-28(31)32)26(40)35-22(24(30)38)16-19-11-6-3-7-12-19/h2-7,9-12,17,20-23,37H,8,13-16,29H2,1H3,(H2,30,38)(H,34,41)(H,35,40)(H,36,39)(H4,31,32,33)/t17?,20-,21-,22-,23-/m0/s1. The van der Waals surface area contributed by atoms with Crippen molar-refractivity contribution >= 4 is 29.6 Å². The van der Waals surface area contributed by atoms with Crippen LogP contribution in [0, 0.1) is 0 Å². The molecule has 13 nitrogen and oxygen atoms in total. The van der Waals surface area contributed by atoms with E-state index >= 15 is 0 Å². The van der Waals surface area contributed by atoms with Gasteiger partial charge in [0.2, 0.25) is 23.6 Å². The van der Waals surface area contributed by atoms with Crippen molar-refractivity contribution in [3.05, 3.63) is 71.8 Å². The van der Waals surface area contributed by atoms with Crippen LogP contribution in [0.3, 0.4) is 0 Å². The number of nitrogens with two attached hydrogens (primary N) is 4. The van der Waals surface area contributed by atoms with Gasteiger partial charge < -0.3 is 44.0 Å².